The predicted octanol–water partition coefficient (Wildman–Crippen LogP) is 8.68. The summed E-state index contributed by atoms with van der Waals surface area (Å²) in [6, 6.07) is 7.26. The smallest absolute Gasteiger partial charge is 0.313 e. The molecule has 0 spiro atoms. The quantitative estimate of drug-likeness (QED) is 0.192. The molecule has 0 bridgehead atoms. The number of aryl methyl sites for hydroxylation is 1. The van der Waals surface area contributed by atoms with Crippen LogP contribution in [0.3, 0.4) is 0 Å². The van der Waals surface area contributed by atoms with Crippen molar-refractivity contribution in [1.82, 2.24) is 19.7 Å². The van der Waals surface area contributed by atoms with Crippen molar-refractivity contribution in [2.45, 2.75) is 111 Å². The first-order valence-electron chi connectivity index (χ1n) is 15.4. The Labute approximate surface area is 273 Å². The molecule has 2 atom stereocenters. The number of nitrogens with zero attached hydrogens (tertiary/aromatic N) is 4. The van der Waals surface area contributed by atoms with Crippen molar-refractivity contribution in [3.8, 4) is 0 Å². The number of alkyl halides is 2. The van der Waals surface area contributed by atoms with E-state index in [1.54, 1.807) is 43.7 Å². The monoisotopic (exact) mass is 665 g/mol. The maximum Gasteiger partial charge on any atom is 0.313 e. The highest BCUT2D eigenvalue weighted by Gasteiger charge is 2.48. The minimum atomic E-state index is -3.53. The van der Waals surface area contributed by atoms with E-state index in [1.165, 1.54) is 6.07 Å². The van der Waals surface area contributed by atoms with Gasteiger partial charge in [-0.3, -0.25) is 14.4 Å². The number of benzene rings is 1. The second-order valence-electron chi connectivity index (χ2n) is 14.5. The molecule has 4 rings (SSSR count). The van der Waals surface area contributed by atoms with Crippen LogP contribution in [0, 0.1) is 24.0 Å². The van der Waals surface area contributed by atoms with Crippen LogP contribution < -0.4 is 5.32 Å². The number of carbonyl (C=O) groups excluding carboxylic acids is 1. The van der Waals surface area contributed by atoms with Crippen LogP contribution in [0.5, 0.6) is 0 Å². The fraction of sp³-hybridized carbons (Fsp3) is 0.559. The van der Waals surface area contributed by atoms with Gasteiger partial charge >= 0.3 is 5.97 Å². The van der Waals surface area contributed by atoms with Crippen LogP contribution >= 0.6 is 11.6 Å². The van der Waals surface area contributed by atoms with Crippen molar-refractivity contribution >= 4 is 29.2 Å². The third kappa shape index (κ3) is 8.02. The molecule has 1 aliphatic rings. The second-order valence-corrected chi connectivity index (χ2v) is 14.9. The molecule has 0 aliphatic carbocycles. The Bertz CT molecular complexity index is 1590. The van der Waals surface area contributed by atoms with E-state index in [2.05, 4.69) is 15.4 Å². The average Bonchev–Trinajstić information content (AvgIpc) is 3.28. The fourth-order valence-corrected chi connectivity index (χ4v) is 6.25. The van der Waals surface area contributed by atoms with Gasteiger partial charge in [0, 0.05) is 43.3 Å². The Morgan fingerprint density at radius 2 is 1.76 bits per heavy atom. The van der Waals surface area contributed by atoms with Crippen LogP contribution in [0.15, 0.2) is 30.3 Å². The molecule has 0 radical (unpaired) electrons. The molecule has 7 nitrogen and oxygen atoms in total. The Kier molecular flexibility index (Phi) is 9.92. The molecule has 1 aliphatic heterocycles. The number of nitrogens with one attached hydrogen (secondary N) is 1. The van der Waals surface area contributed by atoms with Crippen molar-refractivity contribution in [3.05, 3.63) is 69.5 Å². The number of hydrogen-bond donors (Lipinski definition) is 1. The van der Waals surface area contributed by atoms with Crippen molar-refractivity contribution < 1.29 is 27.1 Å². The number of hydrogen-bond acceptors (Lipinski definition) is 6. The minimum absolute atomic E-state index is 0.0177. The third-order valence-electron chi connectivity index (χ3n) is 8.21. The number of anilines is 2. The Morgan fingerprint density at radius 3 is 2.33 bits per heavy atom. The molecule has 252 valence electrons. The molecule has 1 fully saturated rings. The summed E-state index contributed by atoms with van der Waals surface area (Å²) >= 11 is 6.00. The molecule has 12 heteroatoms. The van der Waals surface area contributed by atoms with E-state index >= 15 is 4.39 Å². The number of halogens is 5. The lowest BCUT2D eigenvalue weighted by atomic mass is 9.71. The van der Waals surface area contributed by atoms with Gasteiger partial charge in [-0.15, -0.1) is 0 Å². The van der Waals surface area contributed by atoms with Crippen molar-refractivity contribution in [2.24, 2.45) is 5.41 Å². The zero-order valence-electron chi connectivity index (χ0n) is 28.0. The number of piperidine rings is 1. The highest BCUT2D eigenvalue weighted by molar-refractivity contribution is 6.30. The van der Waals surface area contributed by atoms with E-state index < -0.39 is 40.1 Å². The summed E-state index contributed by atoms with van der Waals surface area (Å²) in [4.78, 5) is 20.4. The minimum Gasteiger partial charge on any atom is -0.460 e. The van der Waals surface area contributed by atoms with Crippen LogP contribution in [0.2, 0.25) is 5.02 Å². The number of ether oxygens (including phenoxy) is 1. The zero-order chi connectivity index (χ0) is 34.4. The number of pyridine rings is 1. The zero-order valence-corrected chi connectivity index (χ0v) is 28.8. The van der Waals surface area contributed by atoms with E-state index in [0.29, 0.717) is 24.8 Å². The van der Waals surface area contributed by atoms with Gasteiger partial charge in [-0.2, -0.15) is 5.10 Å². The first-order chi connectivity index (χ1) is 21.1. The predicted molar refractivity (Wildman–Crippen MR) is 172 cm³/mol. The molecule has 1 unspecified atom stereocenters. The van der Waals surface area contributed by atoms with E-state index in [4.69, 9.17) is 16.3 Å². The first-order valence-corrected chi connectivity index (χ1v) is 15.8. The van der Waals surface area contributed by atoms with Crippen LogP contribution in [0.1, 0.15) is 90.7 Å². The van der Waals surface area contributed by atoms with Crippen molar-refractivity contribution in [1.29, 1.82) is 0 Å². The Hall–Kier alpha value is -3.18. The molecule has 3 aromatic rings. The average molecular weight is 666 g/mol. The molecule has 46 heavy (non-hydrogen) atoms. The molecule has 1 aromatic carbocycles. The number of carbonyl (C=O) groups is 1. The first kappa shape index (κ1) is 35.7. The van der Waals surface area contributed by atoms with Gasteiger partial charge in [-0.25, -0.2) is 22.5 Å². The largest absolute Gasteiger partial charge is 0.460 e. The lowest BCUT2D eigenvalue weighted by molar-refractivity contribution is -0.172. The van der Waals surface area contributed by atoms with E-state index in [-0.39, 0.29) is 53.9 Å². The summed E-state index contributed by atoms with van der Waals surface area (Å²) < 4.78 is 68.0. The number of rotatable bonds is 8. The molecular weight excluding hydrogens is 622 g/mol. The Morgan fingerprint density at radius 1 is 1.09 bits per heavy atom. The van der Waals surface area contributed by atoms with Gasteiger partial charge in [0.05, 0.1) is 27.2 Å². The summed E-state index contributed by atoms with van der Waals surface area (Å²) in [6.07, 6.45) is 0.141. The van der Waals surface area contributed by atoms with Crippen LogP contribution in [-0.4, -0.2) is 43.8 Å². The summed E-state index contributed by atoms with van der Waals surface area (Å²) in [6.45, 7) is 16.1. The number of esters is 1. The highest BCUT2D eigenvalue weighted by atomic mass is 35.5. The lowest BCUT2D eigenvalue weighted by Crippen LogP contribution is -2.51. The summed E-state index contributed by atoms with van der Waals surface area (Å²) in [5.41, 5.74) is -2.34. The summed E-state index contributed by atoms with van der Waals surface area (Å²) in [5.74, 6) is -5.44. The molecule has 3 heterocycles. The fourth-order valence-electron chi connectivity index (χ4n) is 6.05. The number of aromatic nitrogens is 3. The van der Waals surface area contributed by atoms with Crippen LogP contribution in [0.25, 0.3) is 0 Å². The molecule has 0 amide bonds. The van der Waals surface area contributed by atoms with Crippen LogP contribution in [0.4, 0.5) is 29.2 Å². The molecule has 1 N–H and O–H groups in total. The van der Waals surface area contributed by atoms with Gasteiger partial charge in [-0.1, -0.05) is 23.7 Å². The van der Waals surface area contributed by atoms with Gasteiger partial charge in [0.25, 0.3) is 5.92 Å². The van der Waals surface area contributed by atoms with Crippen molar-refractivity contribution in [3.63, 3.8) is 0 Å². The van der Waals surface area contributed by atoms with Gasteiger partial charge in [-0.05, 0) is 86.9 Å². The second kappa shape index (κ2) is 12.8. The topological polar surface area (TPSA) is 72.3 Å². The molecule has 1 saturated heterocycles. The SMILES string of the molecule is Cc1cc(Nc2cc(C(C)(F)F)c(F)c(CC3(C(=O)OC(C)(C)C)CCN(Cc4cccc(Cl)c4F)[C@H](C)C3)n2)nn1C(C)(C)C. The van der Waals surface area contributed by atoms with E-state index in [0.717, 1.165) is 11.8 Å². The number of likely N-dealkylation sites (tertiary alicyclic amines) is 1. The maximum absolute atomic E-state index is 16.0. The lowest BCUT2D eigenvalue weighted by Gasteiger charge is -2.45. The van der Waals surface area contributed by atoms with Gasteiger partial charge in [0.2, 0.25) is 0 Å². The summed E-state index contributed by atoms with van der Waals surface area (Å²) in [7, 11) is 0. The maximum atomic E-state index is 16.0. The van der Waals surface area contributed by atoms with Gasteiger partial charge in [0.15, 0.2) is 11.6 Å². The van der Waals surface area contributed by atoms with E-state index in [9.17, 15) is 18.0 Å². The standard InChI is InChI=1S/C34H44ClF4N5O2/c1-20-15-27(42-44(20)31(3,4)5)41-26-16-23(33(9,38)39)29(37)25(40-26)18-34(30(45)46-32(6,7)8)13-14-43(21(2)17-34)19-22-11-10-12-24(35)28(22)36/h10-12,15-16,21H,13-14,17-19H2,1-9H3,(H,40,41,42)/t21-,34?/m1/s1. The van der Waals surface area contributed by atoms with Gasteiger partial charge < -0.3 is 10.1 Å². The molecule has 0 saturated carbocycles. The molecular formula is C34H44ClF4N5O2. The highest BCUT2D eigenvalue weighted by Crippen LogP contribution is 2.43. The van der Waals surface area contributed by atoms with E-state index in [1.807, 2.05) is 39.5 Å². The van der Waals surface area contributed by atoms with Crippen LogP contribution in [-0.2, 0) is 34.0 Å². The molecule has 2 aromatic heterocycles. The third-order valence-corrected chi connectivity index (χ3v) is 8.50. The normalized spacial score (nSPS) is 19.7. The Balaban J connectivity index is 1.73. The van der Waals surface area contributed by atoms with Gasteiger partial charge in [0.1, 0.15) is 17.2 Å². The van der Waals surface area contributed by atoms with Crippen molar-refractivity contribution in [2.75, 3.05) is 11.9 Å². The summed E-state index contributed by atoms with van der Waals surface area (Å²) in [5, 5.41) is 7.54.